The fourth-order valence-electron chi connectivity index (χ4n) is 7.34. The van der Waals surface area contributed by atoms with E-state index in [-0.39, 0.29) is 205 Å². The second-order valence-electron chi connectivity index (χ2n) is 18.7. The van der Waals surface area contributed by atoms with Gasteiger partial charge in [0, 0.05) is 58.0 Å². The molecule has 1 aliphatic heterocycles. The SMILES string of the molecule is N[C@@H](CCCCNC(=O)COCCOCCNC(=O)COCCOCCNC(=O)COCCOCCNC(=O)COCCOCCNC(=O)CC[C@H](NC(=O)CCCCCCCCCCCCCCC(=O)O)C(=O)O)C1OC1O. The number of aliphatic hydroxyl groups excluding tert-OH is 1. The summed E-state index contributed by atoms with van der Waals surface area (Å²) in [7, 11) is 0. The fourth-order valence-corrected chi connectivity index (χ4v) is 7.34. The molecular formula is C52H95N7O20. The number of carboxylic acids is 2. The van der Waals surface area contributed by atoms with Crippen LogP contribution in [0.1, 0.15) is 122 Å². The number of amides is 6. The first-order chi connectivity index (χ1) is 38.3. The smallest absolute Gasteiger partial charge is 0.326 e. The second kappa shape index (κ2) is 51.5. The van der Waals surface area contributed by atoms with Crippen LogP contribution in [0.3, 0.4) is 0 Å². The van der Waals surface area contributed by atoms with E-state index in [2.05, 4.69) is 31.9 Å². The van der Waals surface area contributed by atoms with Crippen molar-refractivity contribution in [1.82, 2.24) is 31.9 Å². The van der Waals surface area contributed by atoms with Crippen LogP contribution in [-0.4, -0.2) is 226 Å². The summed E-state index contributed by atoms with van der Waals surface area (Å²) in [6, 6.07) is -1.36. The number of nitrogens with two attached hydrogens (primary N) is 1. The van der Waals surface area contributed by atoms with Crippen molar-refractivity contribution >= 4 is 47.4 Å². The number of carbonyl (C=O) groups excluding carboxylic acids is 6. The Labute approximate surface area is 465 Å². The van der Waals surface area contributed by atoms with Gasteiger partial charge in [0.25, 0.3) is 0 Å². The lowest BCUT2D eigenvalue weighted by Gasteiger charge is -2.14. The zero-order valence-electron chi connectivity index (χ0n) is 46.5. The van der Waals surface area contributed by atoms with Crippen molar-refractivity contribution < 1.29 is 96.3 Å². The predicted molar refractivity (Wildman–Crippen MR) is 285 cm³/mol. The lowest BCUT2D eigenvalue weighted by atomic mass is 10.0. The van der Waals surface area contributed by atoms with Crippen molar-refractivity contribution in [2.45, 2.75) is 146 Å². The van der Waals surface area contributed by atoms with Gasteiger partial charge in [0.2, 0.25) is 35.4 Å². The minimum atomic E-state index is -1.20. The van der Waals surface area contributed by atoms with E-state index in [0.29, 0.717) is 19.4 Å². The Morgan fingerprint density at radius 2 is 0.734 bits per heavy atom. The van der Waals surface area contributed by atoms with Gasteiger partial charge in [0.15, 0.2) is 6.29 Å². The van der Waals surface area contributed by atoms with Gasteiger partial charge in [-0.25, -0.2) is 4.79 Å². The second-order valence-corrected chi connectivity index (χ2v) is 18.7. The Kier molecular flexibility index (Phi) is 47.1. The van der Waals surface area contributed by atoms with Crippen LogP contribution in [0.5, 0.6) is 0 Å². The summed E-state index contributed by atoms with van der Waals surface area (Å²) in [5.41, 5.74) is 5.89. The van der Waals surface area contributed by atoms with Gasteiger partial charge in [0.1, 0.15) is 38.6 Å². The molecule has 0 saturated carbocycles. The minimum absolute atomic E-state index is 0.0451. The molecule has 0 aromatic heterocycles. The molecule has 1 rings (SSSR count). The quantitative estimate of drug-likeness (QED) is 0.0279. The highest BCUT2D eigenvalue weighted by molar-refractivity contribution is 5.84. The number of carbonyl (C=O) groups is 8. The van der Waals surface area contributed by atoms with Crippen LogP contribution >= 0.6 is 0 Å². The third-order valence-electron chi connectivity index (χ3n) is 11.7. The van der Waals surface area contributed by atoms with Crippen LogP contribution in [0, 0.1) is 0 Å². The zero-order chi connectivity index (χ0) is 57.8. The molecule has 79 heavy (non-hydrogen) atoms. The van der Waals surface area contributed by atoms with Crippen LogP contribution in [0.2, 0.25) is 0 Å². The molecule has 0 bridgehead atoms. The minimum Gasteiger partial charge on any atom is -0.481 e. The number of carboxylic acid groups (broad SMARTS) is 2. The fraction of sp³-hybridized carbons (Fsp3) is 0.846. The zero-order valence-corrected chi connectivity index (χ0v) is 46.5. The molecule has 1 fully saturated rings. The molecule has 6 amide bonds. The van der Waals surface area contributed by atoms with Gasteiger partial charge in [-0.2, -0.15) is 0 Å². The summed E-state index contributed by atoms with van der Waals surface area (Å²) >= 11 is 0. The normalized spacial score (nSPS) is 14.5. The average molecular weight is 1140 g/mol. The number of nitrogens with one attached hydrogen (secondary N) is 6. The molecule has 27 nitrogen and oxygen atoms in total. The van der Waals surface area contributed by atoms with E-state index in [4.69, 9.17) is 53.5 Å². The molecule has 1 saturated heterocycles. The summed E-state index contributed by atoms with van der Waals surface area (Å²) in [5, 5.41) is 43.3. The third-order valence-corrected chi connectivity index (χ3v) is 11.7. The Hall–Kier alpha value is -4.68. The number of epoxide rings is 1. The van der Waals surface area contributed by atoms with Crippen molar-refractivity contribution in [3.8, 4) is 0 Å². The van der Waals surface area contributed by atoms with Gasteiger partial charge >= 0.3 is 11.9 Å². The molecule has 458 valence electrons. The van der Waals surface area contributed by atoms with Gasteiger partial charge < -0.3 is 95.6 Å². The molecule has 0 spiro atoms. The number of hydrogen-bond acceptors (Lipinski definition) is 19. The van der Waals surface area contributed by atoms with E-state index < -0.39 is 24.3 Å². The summed E-state index contributed by atoms with van der Waals surface area (Å²) in [6.07, 6.45) is 13.8. The van der Waals surface area contributed by atoms with E-state index >= 15 is 0 Å². The molecule has 1 heterocycles. The summed E-state index contributed by atoms with van der Waals surface area (Å²) in [5.74, 6) is -3.87. The molecule has 0 radical (unpaired) electrons. The van der Waals surface area contributed by atoms with Gasteiger partial charge in [-0.1, -0.05) is 70.6 Å². The molecule has 1 aliphatic rings. The first kappa shape index (κ1) is 72.3. The molecule has 11 N–H and O–H groups in total. The Morgan fingerprint density at radius 1 is 0.392 bits per heavy atom. The first-order valence-corrected chi connectivity index (χ1v) is 28.1. The maximum Gasteiger partial charge on any atom is 0.326 e. The van der Waals surface area contributed by atoms with Gasteiger partial charge in [-0.05, 0) is 32.1 Å². The number of hydrogen-bond donors (Lipinski definition) is 10. The van der Waals surface area contributed by atoms with E-state index in [1.807, 2.05) is 0 Å². The van der Waals surface area contributed by atoms with Gasteiger partial charge in [-0.15, -0.1) is 0 Å². The molecular weight excluding hydrogens is 1040 g/mol. The average Bonchev–Trinajstić information content (AvgIpc) is 4.18. The summed E-state index contributed by atoms with van der Waals surface area (Å²) < 4.78 is 47.6. The van der Waals surface area contributed by atoms with E-state index in [1.54, 1.807) is 0 Å². The lowest BCUT2D eigenvalue weighted by Crippen LogP contribution is -2.41. The van der Waals surface area contributed by atoms with Crippen molar-refractivity contribution in [3.05, 3.63) is 0 Å². The number of rotatable bonds is 58. The first-order valence-electron chi connectivity index (χ1n) is 28.1. The molecule has 2 unspecified atom stereocenters. The van der Waals surface area contributed by atoms with Crippen molar-refractivity contribution in [2.24, 2.45) is 5.73 Å². The molecule has 4 atom stereocenters. The van der Waals surface area contributed by atoms with Crippen molar-refractivity contribution in [3.63, 3.8) is 0 Å². The Balaban J connectivity index is 1.83. The third kappa shape index (κ3) is 48.9. The molecule has 0 aromatic rings. The largest absolute Gasteiger partial charge is 0.481 e. The monoisotopic (exact) mass is 1140 g/mol. The van der Waals surface area contributed by atoms with Crippen molar-refractivity contribution in [2.75, 3.05) is 138 Å². The maximum atomic E-state index is 12.3. The standard InChI is InChI=1S/C52H95N7O20/c53-41(50-52(70)79-50)15-13-14-20-54-45(62)37-75-33-30-72-26-22-56-47(64)39-77-35-32-74-28-24-58-48(65)40-78-36-31-73-27-23-57-46(63)38-76-34-29-71-25-21-55-43(60)19-18-42(51(68)69)59-44(61)16-11-9-7-5-3-1-2-4-6-8-10-12-17-49(66)67/h41-42,50,52,70H,1-40,53H2,(H,54,62)(H,55,60)(H,56,64)(H,57,63)(H,58,65)(H,59,61)(H,66,67)(H,68,69)/t41-,42-,50?,52?/m0/s1. The summed E-state index contributed by atoms with van der Waals surface area (Å²) in [4.78, 5) is 94.4. The molecule has 0 aliphatic carbocycles. The number of ether oxygens (including phenoxy) is 9. The lowest BCUT2D eigenvalue weighted by molar-refractivity contribution is -0.142. The number of aliphatic hydroxyl groups is 1. The highest BCUT2D eigenvalue weighted by atomic mass is 16.7. The summed E-state index contributed by atoms with van der Waals surface area (Å²) in [6.45, 7) is 3.38. The molecule has 0 aromatic carbocycles. The molecule has 27 heteroatoms. The van der Waals surface area contributed by atoms with Crippen LogP contribution in [0.4, 0.5) is 0 Å². The highest BCUT2D eigenvalue weighted by Crippen LogP contribution is 2.24. The highest BCUT2D eigenvalue weighted by Gasteiger charge is 2.41. The van der Waals surface area contributed by atoms with E-state index in [1.165, 1.54) is 6.42 Å². The van der Waals surface area contributed by atoms with Crippen LogP contribution in [0.25, 0.3) is 0 Å². The van der Waals surface area contributed by atoms with Crippen LogP contribution in [-0.2, 0) is 81.0 Å². The van der Waals surface area contributed by atoms with Crippen LogP contribution in [0.15, 0.2) is 0 Å². The van der Waals surface area contributed by atoms with Gasteiger partial charge in [0.05, 0.1) is 79.3 Å². The Bertz CT molecular complexity index is 1640. The maximum absolute atomic E-state index is 12.3. The van der Waals surface area contributed by atoms with E-state index in [0.717, 1.165) is 77.0 Å². The predicted octanol–water partition coefficient (Wildman–Crippen LogP) is -0.189. The number of unbranched alkanes of at least 4 members (excludes halogenated alkanes) is 12. The number of aliphatic carboxylic acids is 2. The van der Waals surface area contributed by atoms with Gasteiger partial charge in [-0.3, -0.25) is 33.6 Å². The topological polar surface area (TPSA) is 382 Å². The Morgan fingerprint density at radius 3 is 1.10 bits per heavy atom. The van der Waals surface area contributed by atoms with Crippen molar-refractivity contribution in [1.29, 1.82) is 0 Å². The van der Waals surface area contributed by atoms with Crippen LogP contribution < -0.4 is 37.6 Å². The van der Waals surface area contributed by atoms with E-state index in [9.17, 15) is 48.6 Å².